The highest BCUT2D eigenvalue weighted by Gasteiger charge is 2.37. The molecule has 1 aromatic carbocycles. The van der Waals surface area contributed by atoms with Gasteiger partial charge >= 0.3 is 0 Å². The van der Waals surface area contributed by atoms with Crippen molar-refractivity contribution >= 4 is 5.91 Å². The zero-order valence-electron chi connectivity index (χ0n) is 13.9. The second-order valence-electron chi connectivity index (χ2n) is 7.08. The van der Waals surface area contributed by atoms with Gasteiger partial charge in [-0.2, -0.15) is 0 Å². The summed E-state index contributed by atoms with van der Waals surface area (Å²) in [6, 6.07) is 2.66. The van der Waals surface area contributed by atoms with E-state index in [9.17, 15) is 18.7 Å². The third kappa shape index (κ3) is 3.75. The summed E-state index contributed by atoms with van der Waals surface area (Å²) in [5, 5.41) is 9.96. The van der Waals surface area contributed by atoms with Crippen LogP contribution in [0.3, 0.4) is 0 Å². The average molecular weight is 338 g/mol. The number of amides is 1. The normalized spacial score (nSPS) is 26.1. The molecule has 0 spiro atoms. The molecular formula is C18H24F2N2O2. The lowest BCUT2D eigenvalue weighted by molar-refractivity contribution is -0.134. The SMILES string of the molecule is CC1CCN(CC(=O)N2CC(O)CC2c2cc(F)ccc2F)CC1. The maximum atomic E-state index is 14.1. The van der Waals surface area contributed by atoms with E-state index in [4.69, 9.17) is 0 Å². The second kappa shape index (κ2) is 7.15. The number of β-amino-alcohol motifs (C(OH)–C–C–N with tert-alkyl or cyclic N) is 1. The lowest BCUT2D eigenvalue weighted by Crippen LogP contribution is -2.43. The number of rotatable bonds is 3. The van der Waals surface area contributed by atoms with Crippen molar-refractivity contribution in [2.45, 2.75) is 38.3 Å². The molecule has 0 aliphatic carbocycles. The van der Waals surface area contributed by atoms with Gasteiger partial charge in [-0.05, 0) is 56.5 Å². The minimum absolute atomic E-state index is 0.130. The van der Waals surface area contributed by atoms with Gasteiger partial charge < -0.3 is 10.0 Å². The van der Waals surface area contributed by atoms with Crippen LogP contribution < -0.4 is 0 Å². The lowest BCUT2D eigenvalue weighted by Gasteiger charge is -2.32. The Labute approximate surface area is 141 Å². The maximum Gasteiger partial charge on any atom is 0.237 e. The molecule has 2 atom stereocenters. The molecule has 3 rings (SSSR count). The minimum atomic E-state index is -0.706. The number of piperidine rings is 1. The number of benzene rings is 1. The molecule has 1 aromatic rings. The first kappa shape index (κ1) is 17.3. The van der Waals surface area contributed by atoms with Crippen LogP contribution in [-0.4, -0.2) is 53.1 Å². The number of aliphatic hydroxyl groups is 1. The summed E-state index contributed by atoms with van der Waals surface area (Å²) < 4.78 is 27.6. The van der Waals surface area contributed by atoms with Crippen molar-refractivity contribution in [1.29, 1.82) is 0 Å². The Kier molecular flexibility index (Phi) is 5.15. The van der Waals surface area contributed by atoms with Crippen LogP contribution in [0.2, 0.25) is 0 Å². The number of carbonyl (C=O) groups excluding carboxylic acids is 1. The largest absolute Gasteiger partial charge is 0.391 e. The second-order valence-corrected chi connectivity index (χ2v) is 7.08. The van der Waals surface area contributed by atoms with Crippen LogP contribution in [0.5, 0.6) is 0 Å². The van der Waals surface area contributed by atoms with Crippen LogP contribution in [0.1, 0.15) is 37.8 Å². The summed E-state index contributed by atoms with van der Waals surface area (Å²) in [6.07, 6.45) is 1.67. The predicted octanol–water partition coefficient (Wildman–Crippen LogP) is 2.33. The van der Waals surface area contributed by atoms with E-state index in [1.165, 1.54) is 4.90 Å². The van der Waals surface area contributed by atoms with Gasteiger partial charge in [-0.15, -0.1) is 0 Å². The number of likely N-dealkylation sites (tertiary alicyclic amines) is 2. The van der Waals surface area contributed by atoms with Gasteiger partial charge in [0, 0.05) is 12.1 Å². The molecule has 1 N–H and O–H groups in total. The fourth-order valence-corrected chi connectivity index (χ4v) is 3.66. The van der Waals surface area contributed by atoms with Gasteiger partial charge in [0.2, 0.25) is 5.91 Å². The Bertz CT molecular complexity index is 603. The number of hydrogen-bond acceptors (Lipinski definition) is 3. The topological polar surface area (TPSA) is 43.8 Å². The van der Waals surface area contributed by atoms with Crippen LogP contribution in [0.25, 0.3) is 0 Å². The van der Waals surface area contributed by atoms with E-state index in [1.54, 1.807) is 0 Å². The van der Waals surface area contributed by atoms with E-state index in [0.29, 0.717) is 5.92 Å². The molecule has 6 heteroatoms. The first-order valence-corrected chi connectivity index (χ1v) is 8.59. The van der Waals surface area contributed by atoms with Gasteiger partial charge in [0.25, 0.3) is 0 Å². The number of hydrogen-bond donors (Lipinski definition) is 1. The molecule has 0 saturated carbocycles. The highest BCUT2D eigenvalue weighted by molar-refractivity contribution is 5.79. The maximum absolute atomic E-state index is 14.1. The third-order valence-electron chi connectivity index (χ3n) is 5.15. The molecule has 2 aliphatic heterocycles. The summed E-state index contributed by atoms with van der Waals surface area (Å²) in [4.78, 5) is 16.3. The summed E-state index contributed by atoms with van der Waals surface area (Å²) in [5.74, 6) is -0.529. The van der Waals surface area contributed by atoms with Gasteiger partial charge in [0.1, 0.15) is 11.6 Å². The minimum Gasteiger partial charge on any atom is -0.391 e. The van der Waals surface area contributed by atoms with Crippen molar-refractivity contribution in [3.05, 3.63) is 35.4 Å². The zero-order valence-corrected chi connectivity index (χ0v) is 13.9. The molecule has 2 unspecified atom stereocenters. The molecule has 0 bridgehead atoms. The van der Waals surface area contributed by atoms with E-state index in [1.807, 2.05) is 0 Å². The fraction of sp³-hybridized carbons (Fsp3) is 0.611. The van der Waals surface area contributed by atoms with Crippen LogP contribution >= 0.6 is 0 Å². The van der Waals surface area contributed by atoms with Crippen LogP contribution in [0.4, 0.5) is 8.78 Å². The highest BCUT2D eigenvalue weighted by atomic mass is 19.1. The molecule has 0 radical (unpaired) electrons. The molecule has 132 valence electrons. The van der Waals surface area contributed by atoms with E-state index in [2.05, 4.69) is 11.8 Å². The van der Waals surface area contributed by atoms with Crippen molar-refractivity contribution < 1.29 is 18.7 Å². The van der Waals surface area contributed by atoms with Gasteiger partial charge in [-0.25, -0.2) is 8.78 Å². The summed E-state index contributed by atoms with van der Waals surface area (Å²) >= 11 is 0. The van der Waals surface area contributed by atoms with Gasteiger partial charge in [-0.3, -0.25) is 9.69 Å². The van der Waals surface area contributed by atoms with Crippen molar-refractivity contribution in [3.8, 4) is 0 Å². The standard InChI is InChI=1S/C18H24F2N2O2/c1-12-4-6-21(7-5-12)11-18(24)22-10-14(23)9-17(22)15-8-13(19)2-3-16(15)20/h2-3,8,12,14,17,23H,4-7,9-11H2,1H3. The number of aliphatic hydroxyl groups excluding tert-OH is 1. The van der Waals surface area contributed by atoms with Crippen molar-refractivity contribution in [2.24, 2.45) is 5.92 Å². The average Bonchev–Trinajstić information content (AvgIpc) is 2.94. The predicted molar refractivity (Wildman–Crippen MR) is 86.3 cm³/mol. The Morgan fingerprint density at radius 2 is 2.00 bits per heavy atom. The van der Waals surface area contributed by atoms with E-state index >= 15 is 0 Å². The van der Waals surface area contributed by atoms with E-state index in [0.717, 1.165) is 44.1 Å². The lowest BCUT2D eigenvalue weighted by atomic mass is 9.99. The Morgan fingerprint density at radius 1 is 1.29 bits per heavy atom. The fourth-order valence-electron chi connectivity index (χ4n) is 3.66. The Balaban J connectivity index is 1.73. The Morgan fingerprint density at radius 3 is 2.71 bits per heavy atom. The van der Waals surface area contributed by atoms with Crippen molar-refractivity contribution in [1.82, 2.24) is 9.80 Å². The molecule has 0 aromatic heterocycles. The smallest absolute Gasteiger partial charge is 0.237 e. The highest BCUT2D eigenvalue weighted by Crippen LogP contribution is 2.34. The quantitative estimate of drug-likeness (QED) is 0.920. The summed E-state index contributed by atoms with van der Waals surface area (Å²) in [6.45, 7) is 4.40. The molecule has 1 amide bonds. The summed E-state index contributed by atoms with van der Waals surface area (Å²) in [5.41, 5.74) is 0.146. The molecule has 2 saturated heterocycles. The monoisotopic (exact) mass is 338 g/mol. The molecule has 2 fully saturated rings. The molecule has 2 aliphatic rings. The number of halogens is 2. The van der Waals surface area contributed by atoms with Crippen LogP contribution in [-0.2, 0) is 4.79 Å². The first-order chi connectivity index (χ1) is 11.4. The first-order valence-electron chi connectivity index (χ1n) is 8.59. The van der Waals surface area contributed by atoms with Crippen LogP contribution in [0, 0.1) is 17.6 Å². The van der Waals surface area contributed by atoms with Crippen LogP contribution in [0.15, 0.2) is 18.2 Å². The van der Waals surface area contributed by atoms with Gasteiger partial charge in [0.15, 0.2) is 0 Å². The molecule has 24 heavy (non-hydrogen) atoms. The molecule has 2 heterocycles. The van der Waals surface area contributed by atoms with E-state index < -0.39 is 23.8 Å². The number of carbonyl (C=O) groups is 1. The zero-order chi connectivity index (χ0) is 17.3. The molecule has 4 nitrogen and oxygen atoms in total. The van der Waals surface area contributed by atoms with E-state index in [-0.39, 0.29) is 31.0 Å². The Hall–Kier alpha value is -1.53. The number of nitrogens with zero attached hydrogens (tertiary/aromatic N) is 2. The van der Waals surface area contributed by atoms with Crippen molar-refractivity contribution in [2.75, 3.05) is 26.2 Å². The third-order valence-corrected chi connectivity index (χ3v) is 5.15. The van der Waals surface area contributed by atoms with Gasteiger partial charge in [0.05, 0.1) is 18.7 Å². The van der Waals surface area contributed by atoms with Gasteiger partial charge in [-0.1, -0.05) is 6.92 Å². The van der Waals surface area contributed by atoms with Crippen molar-refractivity contribution in [3.63, 3.8) is 0 Å². The summed E-state index contributed by atoms with van der Waals surface area (Å²) in [7, 11) is 0. The molecular weight excluding hydrogens is 314 g/mol.